The fourth-order valence-corrected chi connectivity index (χ4v) is 1.28. The summed E-state index contributed by atoms with van der Waals surface area (Å²) >= 11 is 0. The van der Waals surface area contributed by atoms with Gasteiger partial charge in [-0.3, -0.25) is 0 Å². The van der Waals surface area contributed by atoms with Gasteiger partial charge in [-0.05, 0) is 12.1 Å². The van der Waals surface area contributed by atoms with Gasteiger partial charge >= 0.3 is 5.79 Å². The maximum atomic E-state index is 12.5. The van der Waals surface area contributed by atoms with Gasteiger partial charge in [0.1, 0.15) is 5.75 Å². The van der Waals surface area contributed by atoms with Crippen LogP contribution >= 0.6 is 0 Å². The highest BCUT2D eigenvalue weighted by molar-refractivity contribution is 5.30. The van der Waals surface area contributed by atoms with Crippen LogP contribution in [0.1, 0.15) is 5.56 Å². The molecule has 0 amide bonds. The van der Waals surface area contributed by atoms with E-state index in [1.165, 1.54) is 7.11 Å². The molecule has 0 spiro atoms. The van der Waals surface area contributed by atoms with Crippen molar-refractivity contribution in [2.75, 3.05) is 7.11 Å². The van der Waals surface area contributed by atoms with Gasteiger partial charge in [-0.1, -0.05) is 39.0 Å². The average Bonchev–Trinajstić information content (AvgIpc) is 2.29. The molecule has 10 heteroatoms. The van der Waals surface area contributed by atoms with Crippen molar-refractivity contribution in [3.05, 3.63) is 29.8 Å². The van der Waals surface area contributed by atoms with Crippen LogP contribution in [0.3, 0.4) is 0 Å². The van der Waals surface area contributed by atoms with Crippen molar-refractivity contribution in [2.24, 2.45) is 0 Å². The molecule has 0 atom stereocenters. The lowest BCUT2D eigenvalue weighted by Crippen LogP contribution is -2.53. The average molecular weight is 275 g/mol. The Kier molecular flexibility index (Phi) is 4.38. The maximum Gasteiger partial charge on any atom is 0.330 e. The first-order valence-electron chi connectivity index (χ1n) is 4.37. The molecule has 4 nitrogen and oxygen atoms in total. The number of benzene rings is 1. The van der Waals surface area contributed by atoms with Gasteiger partial charge in [0.2, 0.25) is 0 Å². The molecule has 0 radical (unpaired) electrons. The molecule has 0 unspecified atom stereocenters. The topological polar surface area (TPSA) is 19.0 Å². The molecule has 1 rings (SSSR count). The number of hydrogen-bond acceptors (Lipinski definition) is 4. The Hall–Kier alpha value is -1.52. The third-order valence-corrected chi connectivity index (χ3v) is 2.18. The monoisotopic (exact) mass is 275 g/mol. The summed E-state index contributed by atoms with van der Waals surface area (Å²) in [7, 11) is 1.24. The largest absolute Gasteiger partial charge is 0.497 e. The van der Waals surface area contributed by atoms with Gasteiger partial charge in [0.25, 0.3) is 0 Å². The van der Waals surface area contributed by atoms with Crippen molar-refractivity contribution in [2.45, 2.75) is 5.79 Å². The number of ether oxygens (including phenoxy) is 1. The zero-order valence-electron chi connectivity index (χ0n) is 8.83. The summed E-state index contributed by atoms with van der Waals surface area (Å²) in [5.41, 5.74) is -1.04. The second kappa shape index (κ2) is 5.42. The number of nitrogens with zero attached hydrogens (tertiary/aromatic N) is 3. The van der Waals surface area contributed by atoms with Gasteiger partial charge in [-0.15, -0.1) is 0 Å². The Bertz CT molecular complexity index is 363. The molecular formula is C8H7F6N3O. The first-order valence-corrected chi connectivity index (χ1v) is 4.37. The summed E-state index contributed by atoms with van der Waals surface area (Å²) in [6, 6.07) is 3.34. The number of hydrogen-bond donors (Lipinski definition) is 0. The summed E-state index contributed by atoms with van der Waals surface area (Å²) in [6.07, 6.45) is 0. The molecule has 0 aliphatic rings. The van der Waals surface area contributed by atoms with Gasteiger partial charge in [-0.25, -0.2) is 0 Å². The summed E-state index contributed by atoms with van der Waals surface area (Å²) in [5.74, 6) is -4.13. The zero-order valence-corrected chi connectivity index (χ0v) is 8.83. The lowest BCUT2D eigenvalue weighted by Gasteiger charge is -2.31. The van der Waals surface area contributed by atoms with Crippen LogP contribution in [0.25, 0.3) is 0 Å². The quantitative estimate of drug-likeness (QED) is 0.467. The minimum atomic E-state index is -4.27. The van der Waals surface area contributed by atoms with E-state index in [2.05, 4.69) is 4.74 Å². The van der Waals surface area contributed by atoms with Gasteiger partial charge in [0.15, 0.2) is 0 Å². The molecule has 0 bridgehead atoms. The van der Waals surface area contributed by atoms with Crippen LogP contribution in [0.15, 0.2) is 24.3 Å². The van der Waals surface area contributed by atoms with E-state index in [9.17, 15) is 26.9 Å². The minimum Gasteiger partial charge on any atom is -0.497 e. The van der Waals surface area contributed by atoms with Crippen LogP contribution in [0.5, 0.6) is 5.75 Å². The Morgan fingerprint density at radius 2 is 1.22 bits per heavy atom. The molecular weight excluding hydrogens is 268 g/mol. The number of rotatable bonds is 5. The lowest BCUT2D eigenvalue weighted by atomic mass is 10.1. The Balaban J connectivity index is 3.32. The second-order valence-electron chi connectivity index (χ2n) is 3.06. The van der Waals surface area contributed by atoms with Gasteiger partial charge < -0.3 is 4.74 Å². The van der Waals surface area contributed by atoms with E-state index in [1.54, 1.807) is 0 Å². The van der Waals surface area contributed by atoms with Crippen LogP contribution in [0, 0.1) is 0 Å². The van der Waals surface area contributed by atoms with Crippen LogP contribution < -0.4 is 4.74 Å². The van der Waals surface area contributed by atoms with Crippen molar-refractivity contribution in [1.29, 1.82) is 0 Å². The summed E-state index contributed by atoms with van der Waals surface area (Å²) in [6.45, 7) is 0. The second-order valence-corrected chi connectivity index (χ2v) is 3.06. The van der Waals surface area contributed by atoms with E-state index in [-0.39, 0.29) is 5.75 Å². The predicted octanol–water partition coefficient (Wildman–Crippen LogP) is 3.02. The molecule has 0 heterocycles. The van der Waals surface area contributed by atoms with Crippen molar-refractivity contribution >= 4 is 0 Å². The van der Waals surface area contributed by atoms with Gasteiger partial charge in [0, 0.05) is 5.56 Å². The predicted molar refractivity (Wildman–Crippen MR) is 46.8 cm³/mol. The van der Waals surface area contributed by atoms with E-state index in [4.69, 9.17) is 0 Å². The summed E-state index contributed by atoms with van der Waals surface area (Å²) in [4.78, 5) is 0. The van der Waals surface area contributed by atoms with Crippen molar-refractivity contribution in [3.8, 4) is 5.75 Å². The van der Waals surface area contributed by atoms with Crippen LogP contribution in [0.4, 0.5) is 26.9 Å². The highest BCUT2D eigenvalue weighted by Gasteiger charge is 2.57. The Labute approximate surface area is 97.2 Å². The highest BCUT2D eigenvalue weighted by atomic mass is 19.4. The lowest BCUT2D eigenvalue weighted by molar-refractivity contribution is -0.487. The number of halogens is 6. The fourth-order valence-electron chi connectivity index (χ4n) is 1.28. The molecule has 1 aromatic carbocycles. The molecule has 0 aromatic heterocycles. The third-order valence-electron chi connectivity index (χ3n) is 2.18. The molecule has 0 aliphatic heterocycles. The molecule has 0 N–H and O–H groups in total. The first kappa shape index (κ1) is 14.5. The molecule has 0 saturated heterocycles. The van der Waals surface area contributed by atoms with E-state index in [1.807, 2.05) is 0 Å². The SMILES string of the molecule is COc1ccc(C(N(F)F)(N(F)F)N(F)F)cc1. The minimum absolute atomic E-state index is 0.144. The van der Waals surface area contributed by atoms with Crippen LogP contribution in [-0.2, 0) is 5.79 Å². The summed E-state index contributed by atoms with van der Waals surface area (Å²) in [5, 5.41) is -6.89. The van der Waals surface area contributed by atoms with Crippen LogP contribution in [0.2, 0.25) is 0 Å². The molecule has 18 heavy (non-hydrogen) atoms. The van der Waals surface area contributed by atoms with Crippen molar-refractivity contribution in [1.82, 2.24) is 16.0 Å². The number of methoxy groups -OCH3 is 1. The highest BCUT2D eigenvalue weighted by Crippen LogP contribution is 2.39. The smallest absolute Gasteiger partial charge is 0.330 e. The molecule has 102 valence electrons. The maximum absolute atomic E-state index is 12.5. The third kappa shape index (κ3) is 2.21. The van der Waals surface area contributed by atoms with E-state index in [0.717, 1.165) is 12.1 Å². The Morgan fingerprint density at radius 3 is 1.50 bits per heavy atom. The zero-order chi connectivity index (χ0) is 13.9. The van der Waals surface area contributed by atoms with Crippen molar-refractivity contribution < 1.29 is 31.6 Å². The molecule has 0 aliphatic carbocycles. The molecule has 0 saturated carbocycles. The van der Waals surface area contributed by atoms with E-state index >= 15 is 0 Å². The van der Waals surface area contributed by atoms with Gasteiger partial charge in [0.05, 0.1) is 23.1 Å². The fraction of sp³-hybridized carbons (Fsp3) is 0.250. The van der Waals surface area contributed by atoms with E-state index in [0.29, 0.717) is 12.1 Å². The normalized spacial score (nSPS) is 12.6. The summed E-state index contributed by atoms with van der Waals surface area (Å²) < 4.78 is 79.6. The standard InChI is InChI=1S/C8H7F6N3O/c1-18-7-4-2-6(3-5-7)8(15(9)10,16(11)12)17(13)14/h2-5H,1H3. The van der Waals surface area contributed by atoms with E-state index < -0.39 is 27.4 Å². The molecule has 0 fully saturated rings. The van der Waals surface area contributed by atoms with Gasteiger partial charge in [-0.2, -0.15) is 0 Å². The van der Waals surface area contributed by atoms with Crippen LogP contribution in [-0.4, -0.2) is 23.1 Å². The Morgan fingerprint density at radius 1 is 0.833 bits per heavy atom. The first-order chi connectivity index (χ1) is 8.37. The molecule has 1 aromatic rings. The van der Waals surface area contributed by atoms with Crippen molar-refractivity contribution in [3.63, 3.8) is 0 Å².